The second kappa shape index (κ2) is 3.62. The molecule has 0 bridgehead atoms. The molecule has 0 amide bonds. The summed E-state index contributed by atoms with van der Waals surface area (Å²) >= 11 is 3.18. The molecule has 0 unspecified atom stereocenters. The molecule has 0 N–H and O–H groups in total. The Balaban J connectivity index is 2.63. The van der Waals surface area contributed by atoms with Gasteiger partial charge in [-0.15, -0.1) is 0 Å². The molecular formula is C3H8FeNO. The molecule has 3 heteroatoms. The molecule has 0 aliphatic heterocycles. The van der Waals surface area contributed by atoms with Crippen LogP contribution in [0.5, 0.6) is 0 Å². The van der Waals surface area contributed by atoms with Crippen molar-refractivity contribution in [2.45, 2.75) is 0 Å². The third-order valence-corrected chi connectivity index (χ3v) is 0.446. The summed E-state index contributed by atoms with van der Waals surface area (Å²) in [5.41, 5.74) is 0. The monoisotopic (exact) mass is 130 g/mol. The fourth-order valence-electron chi connectivity index (χ4n) is 0.0913. The number of nitrogens with zero attached hydrogens (tertiary/aromatic N) is 1. The van der Waals surface area contributed by atoms with E-state index in [1.165, 1.54) is 0 Å². The van der Waals surface area contributed by atoms with E-state index >= 15 is 0 Å². The molecule has 39 valence electrons. The molecule has 0 saturated carbocycles. The first-order chi connectivity index (χ1) is 2.77. The van der Waals surface area contributed by atoms with Crippen LogP contribution in [-0.2, 0) is 20.2 Å². The van der Waals surface area contributed by atoms with Crippen molar-refractivity contribution in [1.82, 2.24) is 4.90 Å². The summed E-state index contributed by atoms with van der Waals surface area (Å²) < 4.78 is 4.48. The molecule has 0 aliphatic rings. The zero-order chi connectivity index (χ0) is 4.99. The number of rotatable bonds is 2. The summed E-state index contributed by atoms with van der Waals surface area (Å²) in [4.78, 5) is 1.90. The Kier molecular flexibility index (Phi) is 3.89. The van der Waals surface area contributed by atoms with E-state index in [9.17, 15) is 0 Å². The predicted octanol–water partition coefficient (Wildman–Crippen LogP) is -0.0161. The van der Waals surface area contributed by atoms with Crippen LogP contribution in [0.1, 0.15) is 0 Å². The summed E-state index contributed by atoms with van der Waals surface area (Å²) in [5, 5.41) is 0. The van der Waals surface area contributed by atoms with Crippen LogP contribution in [0.4, 0.5) is 0 Å². The Morgan fingerprint density at radius 2 is 2.17 bits per heavy atom. The van der Waals surface area contributed by atoms with Crippen LogP contribution >= 0.6 is 0 Å². The minimum atomic E-state index is 0.597. The van der Waals surface area contributed by atoms with E-state index in [4.69, 9.17) is 0 Å². The normalized spacial score (nSPS) is 10.0. The van der Waals surface area contributed by atoms with Crippen molar-refractivity contribution in [3.63, 3.8) is 0 Å². The van der Waals surface area contributed by atoms with Crippen LogP contribution in [0.3, 0.4) is 0 Å². The molecule has 0 fully saturated rings. The summed E-state index contributed by atoms with van der Waals surface area (Å²) in [6.07, 6.45) is 0. The van der Waals surface area contributed by atoms with Gasteiger partial charge in [-0.1, -0.05) is 0 Å². The zero-order valence-electron chi connectivity index (χ0n) is 3.92. The first-order valence-corrected chi connectivity index (χ1v) is 2.09. The summed E-state index contributed by atoms with van der Waals surface area (Å²) in [5.74, 6) is 0. The van der Waals surface area contributed by atoms with Gasteiger partial charge in [0.05, 0.1) is 0 Å². The topological polar surface area (TPSA) is 12.5 Å². The third-order valence-electron chi connectivity index (χ3n) is 0.304. The molecule has 2 nitrogen and oxygen atoms in total. The van der Waals surface area contributed by atoms with Crippen LogP contribution in [0.25, 0.3) is 0 Å². The van der Waals surface area contributed by atoms with Gasteiger partial charge in [0, 0.05) is 0 Å². The third kappa shape index (κ3) is 4.44. The fourth-order valence-corrected chi connectivity index (χ4v) is 0.376. The van der Waals surface area contributed by atoms with Crippen molar-refractivity contribution in [2.24, 2.45) is 0 Å². The average Bonchev–Trinajstić information content (AvgIpc) is 1.35. The van der Waals surface area contributed by atoms with Gasteiger partial charge in [-0.3, -0.25) is 0 Å². The maximum absolute atomic E-state index is 4.48. The van der Waals surface area contributed by atoms with E-state index in [0.717, 1.165) is 0 Å². The molecule has 6 heavy (non-hydrogen) atoms. The SMILES string of the molecule is CN(C)C[O][Fe]. The van der Waals surface area contributed by atoms with Crippen molar-refractivity contribution < 1.29 is 20.2 Å². The van der Waals surface area contributed by atoms with Crippen LogP contribution in [-0.4, -0.2) is 25.7 Å². The first kappa shape index (κ1) is 6.44. The van der Waals surface area contributed by atoms with E-state index in [-0.39, 0.29) is 0 Å². The molecule has 0 heterocycles. The van der Waals surface area contributed by atoms with Crippen molar-refractivity contribution in [3.8, 4) is 0 Å². The Labute approximate surface area is 46.6 Å². The second-order valence-electron chi connectivity index (χ2n) is 1.31. The molecule has 0 aromatic heterocycles. The number of hydrogen-bond donors (Lipinski definition) is 0. The first-order valence-electron chi connectivity index (χ1n) is 1.64. The Bertz CT molecular complexity index is 32.0. The van der Waals surface area contributed by atoms with Gasteiger partial charge in [0.15, 0.2) is 0 Å². The van der Waals surface area contributed by atoms with Crippen molar-refractivity contribution in [3.05, 3.63) is 0 Å². The molecule has 0 radical (unpaired) electrons. The van der Waals surface area contributed by atoms with Crippen molar-refractivity contribution >= 4 is 0 Å². The van der Waals surface area contributed by atoms with Crippen LogP contribution < -0.4 is 0 Å². The molecular weight excluding hydrogens is 122 g/mol. The summed E-state index contributed by atoms with van der Waals surface area (Å²) in [6, 6.07) is 0. The quantitative estimate of drug-likeness (QED) is 0.384. The Hall–Kier alpha value is 0.439. The standard InChI is InChI=1S/C3H8NO.Fe/c1-4(2)3-5;/h3H2,1-2H3;/q-1;+1. The average molecular weight is 130 g/mol. The van der Waals surface area contributed by atoms with Crippen molar-refractivity contribution in [2.75, 3.05) is 20.8 Å². The fraction of sp³-hybridized carbons (Fsp3) is 1.00. The van der Waals surface area contributed by atoms with Crippen molar-refractivity contribution in [1.29, 1.82) is 0 Å². The van der Waals surface area contributed by atoms with E-state index in [0.29, 0.717) is 6.73 Å². The van der Waals surface area contributed by atoms with Crippen LogP contribution in [0, 0.1) is 0 Å². The molecule has 0 saturated heterocycles. The molecule has 0 spiro atoms. The van der Waals surface area contributed by atoms with Gasteiger partial charge >= 0.3 is 45.9 Å². The van der Waals surface area contributed by atoms with Crippen LogP contribution in [0.2, 0.25) is 0 Å². The predicted molar refractivity (Wildman–Crippen MR) is 19.6 cm³/mol. The minimum absolute atomic E-state index is 0.597. The molecule has 0 aromatic carbocycles. The zero-order valence-corrected chi connectivity index (χ0v) is 5.02. The molecule has 0 atom stereocenters. The van der Waals surface area contributed by atoms with Gasteiger partial charge in [0.25, 0.3) is 0 Å². The van der Waals surface area contributed by atoms with Gasteiger partial charge in [-0.25, -0.2) is 0 Å². The van der Waals surface area contributed by atoms with Gasteiger partial charge in [0.2, 0.25) is 0 Å². The molecule has 0 rings (SSSR count). The van der Waals surface area contributed by atoms with Gasteiger partial charge in [-0.05, 0) is 0 Å². The van der Waals surface area contributed by atoms with Gasteiger partial charge in [0.1, 0.15) is 0 Å². The molecule has 0 aliphatic carbocycles. The summed E-state index contributed by atoms with van der Waals surface area (Å²) in [7, 11) is 3.84. The molecule has 0 aromatic rings. The van der Waals surface area contributed by atoms with E-state index in [1.54, 1.807) is 0 Å². The summed E-state index contributed by atoms with van der Waals surface area (Å²) in [6.45, 7) is 0.597. The van der Waals surface area contributed by atoms with Gasteiger partial charge < -0.3 is 0 Å². The van der Waals surface area contributed by atoms with Gasteiger partial charge in [-0.2, -0.15) is 0 Å². The maximum atomic E-state index is 4.48. The van der Waals surface area contributed by atoms with Crippen LogP contribution in [0.15, 0.2) is 0 Å². The Morgan fingerprint density at radius 3 is 2.17 bits per heavy atom. The van der Waals surface area contributed by atoms with E-state index in [2.05, 4.69) is 20.2 Å². The Morgan fingerprint density at radius 1 is 1.67 bits per heavy atom. The second-order valence-corrected chi connectivity index (χ2v) is 1.63. The number of hydrogen-bond acceptors (Lipinski definition) is 2. The van der Waals surface area contributed by atoms with E-state index < -0.39 is 0 Å². The van der Waals surface area contributed by atoms with E-state index in [1.807, 2.05) is 19.0 Å².